The second kappa shape index (κ2) is 9.73. The van der Waals surface area contributed by atoms with Crippen LogP contribution in [0.3, 0.4) is 0 Å². The largest absolute Gasteiger partial charge is 0.379 e. The first-order chi connectivity index (χ1) is 9.20. The Kier molecular flexibility index (Phi) is 8.67. The Morgan fingerprint density at radius 2 is 1.89 bits per heavy atom. The fraction of sp³-hybridized carbons (Fsp3) is 1.00. The third-order valence-electron chi connectivity index (χ3n) is 3.46. The molecule has 19 heavy (non-hydrogen) atoms. The van der Waals surface area contributed by atoms with Crippen molar-refractivity contribution < 1.29 is 18.6 Å². The monoisotopic (exact) mass is 274 g/mol. The second-order valence-electron chi connectivity index (χ2n) is 5.30. The van der Waals surface area contributed by atoms with Crippen molar-refractivity contribution in [2.45, 2.75) is 70.3 Å². The van der Waals surface area contributed by atoms with Gasteiger partial charge in [-0.15, -0.1) is 0 Å². The van der Waals surface area contributed by atoms with E-state index in [0.717, 1.165) is 19.4 Å². The summed E-state index contributed by atoms with van der Waals surface area (Å²) in [6, 6.07) is -0.393. The second-order valence-corrected chi connectivity index (χ2v) is 5.30. The van der Waals surface area contributed by atoms with Gasteiger partial charge in [-0.25, -0.2) is 4.39 Å². The fourth-order valence-corrected chi connectivity index (χ4v) is 2.32. The molecule has 0 bridgehead atoms. The molecule has 0 saturated carbocycles. The third kappa shape index (κ3) is 5.80. The minimum absolute atomic E-state index is 0.261. The van der Waals surface area contributed by atoms with Gasteiger partial charge in [0.2, 0.25) is 0 Å². The maximum atomic E-state index is 13.9. The molecule has 0 aromatic rings. The van der Waals surface area contributed by atoms with Crippen molar-refractivity contribution in [2.75, 3.05) is 19.8 Å². The number of rotatable bonds is 10. The zero-order valence-corrected chi connectivity index (χ0v) is 12.6. The predicted molar refractivity (Wildman–Crippen MR) is 77.1 cm³/mol. The van der Waals surface area contributed by atoms with E-state index in [2.05, 4.69) is 6.92 Å². The van der Waals surface area contributed by atoms with Gasteiger partial charge in [-0.3, -0.25) is 0 Å². The summed E-state index contributed by atoms with van der Waals surface area (Å²) >= 11 is 0. The zero-order chi connectivity index (χ0) is 14.1. The summed E-state index contributed by atoms with van der Waals surface area (Å²) in [5.41, 5.74) is 0. The molecule has 0 unspecified atom stereocenters. The molecule has 4 atom stereocenters. The third-order valence-corrected chi connectivity index (χ3v) is 3.46. The van der Waals surface area contributed by atoms with Gasteiger partial charge in [0.1, 0.15) is 26.2 Å². The molecular weight excluding hydrogens is 246 g/mol. The van der Waals surface area contributed by atoms with Gasteiger partial charge >= 0.3 is 0 Å². The van der Waals surface area contributed by atoms with Crippen LogP contribution in [0.1, 0.15) is 46.0 Å². The highest BCUT2D eigenvalue weighted by Crippen LogP contribution is 2.25. The van der Waals surface area contributed by atoms with Gasteiger partial charge in [-0.05, 0) is 12.8 Å². The minimum atomic E-state index is -1.04. The molecule has 0 aromatic heterocycles. The van der Waals surface area contributed by atoms with Crippen molar-refractivity contribution in [3.8, 4) is 0 Å². The number of ether oxygens (including phenoxy) is 3. The van der Waals surface area contributed by atoms with Crippen LogP contribution >= 0.6 is 0 Å². The van der Waals surface area contributed by atoms with Crippen LogP contribution in [0.25, 0.3) is 0 Å². The molecule has 0 amide bonds. The first-order valence-electron chi connectivity index (χ1n) is 7.69. The summed E-state index contributed by atoms with van der Waals surface area (Å²) in [6.07, 6.45) is 3.85. The van der Waals surface area contributed by atoms with Gasteiger partial charge in [0.05, 0.1) is 12.6 Å². The average molecular weight is 274 g/mol. The van der Waals surface area contributed by atoms with E-state index in [9.17, 15) is 4.39 Å². The lowest BCUT2D eigenvalue weighted by Gasteiger charge is -2.20. The maximum Gasteiger partial charge on any atom is 0.147 e. The van der Waals surface area contributed by atoms with Crippen LogP contribution in [0.15, 0.2) is 0 Å². The van der Waals surface area contributed by atoms with Crippen LogP contribution < -0.4 is 0 Å². The highest BCUT2D eigenvalue weighted by Gasteiger charge is 2.43. The Bertz CT molecular complexity index is 231. The van der Waals surface area contributed by atoms with E-state index in [1.54, 1.807) is 7.85 Å². The fourth-order valence-electron chi connectivity index (χ4n) is 2.32. The first kappa shape index (κ1) is 16.9. The first-order valence-corrected chi connectivity index (χ1v) is 7.69. The van der Waals surface area contributed by atoms with Gasteiger partial charge in [-0.1, -0.05) is 33.1 Å². The van der Waals surface area contributed by atoms with E-state index in [0.29, 0.717) is 13.2 Å². The summed E-state index contributed by atoms with van der Waals surface area (Å²) in [5, 5.41) is 0. The lowest BCUT2D eigenvalue weighted by molar-refractivity contribution is -0.0602. The van der Waals surface area contributed by atoms with Crippen molar-refractivity contribution in [3.05, 3.63) is 0 Å². The van der Waals surface area contributed by atoms with Gasteiger partial charge in [0.15, 0.2) is 0 Å². The molecule has 3 nitrogen and oxygen atoms in total. The summed E-state index contributed by atoms with van der Waals surface area (Å²) in [7, 11) is 1.76. The van der Waals surface area contributed by atoms with Crippen LogP contribution in [-0.4, -0.2) is 52.0 Å². The van der Waals surface area contributed by atoms with Crippen molar-refractivity contribution in [1.82, 2.24) is 0 Å². The molecule has 1 heterocycles. The van der Waals surface area contributed by atoms with Gasteiger partial charge < -0.3 is 14.2 Å². The summed E-state index contributed by atoms with van der Waals surface area (Å²) in [6.45, 7) is 5.95. The molecule has 0 N–H and O–H groups in total. The van der Waals surface area contributed by atoms with E-state index < -0.39 is 18.3 Å². The van der Waals surface area contributed by atoms with Crippen LogP contribution in [0.4, 0.5) is 4.39 Å². The SMILES string of the molecule is B[C@@H]1O[C@H](COCCCCCC)[C@@H](OCCC)[C@@H]1F. The standard InChI is InChI=1S/C14H28BFO3/c1-3-5-6-7-9-17-10-11-13(18-8-4-2)12(16)14(15)19-11/h11-14H,3-10,15H2,1-2H3/t11-,12+,13-,14-/m1/s1. The maximum absolute atomic E-state index is 13.9. The van der Waals surface area contributed by atoms with Crippen LogP contribution in [0.5, 0.6) is 0 Å². The van der Waals surface area contributed by atoms with E-state index in [1.165, 1.54) is 19.3 Å². The molecule has 1 aliphatic heterocycles. The molecule has 0 radical (unpaired) electrons. The van der Waals surface area contributed by atoms with E-state index >= 15 is 0 Å². The summed E-state index contributed by atoms with van der Waals surface area (Å²) < 4.78 is 30.7. The predicted octanol–water partition coefficient (Wildman–Crippen LogP) is 2.07. The van der Waals surface area contributed by atoms with Crippen molar-refractivity contribution in [3.63, 3.8) is 0 Å². The van der Waals surface area contributed by atoms with Crippen molar-refractivity contribution in [2.24, 2.45) is 0 Å². The lowest BCUT2D eigenvalue weighted by atomic mass is 9.94. The Morgan fingerprint density at radius 1 is 1.11 bits per heavy atom. The topological polar surface area (TPSA) is 27.7 Å². The number of unbranched alkanes of at least 4 members (excludes halogenated alkanes) is 3. The smallest absolute Gasteiger partial charge is 0.147 e. The van der Waals surface area contributed by atoms with E-state index in [-0.39, 0.29) is 6.10 Å². The highest BCUT2D eigenvalue weighted by atomic mass is 19.1. The normalized spacial score (nSPS) is 30.9. The number of halogens is 1. The molecule has 1 saturated heterocycles. The molecule has 1 aliphatic rings. The summed E-state index contributed by atoms with van der Waals surface area (Å²) in [4.78, 5) is 0. The Hall–Kier alpha value is -0.125. The van der Waals surface area contributed by atoms with E-state index in [1.807, 2.05) is 6.92 Å². The molecule has 0 aliphatic carbocycles. The molecule has 5 heteroatoms. The minimum Gasteiger partial charge on any atom is -0.379 e. The van der Waals surface area contributed by atoms with E-state index in [4.69, 9.17) is 14.2 Å². The Morgan fingerprint density at radius 3 is 2.58 bits per heavy atom. The molecule has 1 rings (SSSR count). The molecule has 0 aromatic carbocycles. The molecule has 112 valence electrons. The number of hydrogen-bond acceptors (Lipinski definition) is 3. The average Bonchev–Trinajstić information content (AvgIpc) is 2.67. The van der Waals surface area contributed by atoms with Crippen LogP contribution in [-0.2, 0) is 14.2 Å². The number of hydrogen-bond donors (Lipinski definition) is 0. The van der Waals surface area contributed by atoms with Crippen LogP contribution in [0.2, 0.25) is 0 Å². The summed E-state index contributed by atoms with van der Waals surface area (Å²) in [5.74, 6) is 0. The van der Waals surface area contributed by atoms with Gasteiger partial charge in [0.25, 0.3) is 0 Å². The van der Waals surface area contributed by atoms with Gasteiger partial charge in [0, 0.05) is 13.2 Å². The van der Waals surface area contributed by atoms with Crippen molar-refractivity contribution in [1.29, 1.82) is 0 Å². The molecule has 1 fully saturated rings. The Labute approximate surface area is 117 Å². The quantitative estimate of drug-likeness (QED) is 0.451. The highest BCUT2D eigenvalue weighted by molar-refractivity contribution is 6.11. The van der Waals surface area contributed by atoms with Gasteiger partial charge in [-0.2, -0.15) is 0 Å². The zero-order valence-electron chi connectivity index (χ0n) is 12.6. The molecule has 0 spiro atoms. The number of alkyl halides is 1. The molecular formula is C14H28BFO3. The Balaban J connectivity index is 2.22. The lowest BCUT2D eigenvalue weighted by Crippen LogP contribution is -2.35. The van der Waals surface area contributed by atoms with Crippen molar-refractivity contribution >= 4 is 7.85 Å². The van der Waals surface area contributed by atoms with Crippen LogP contribution in [0, 0.1) is 0 Å².